The van der Waals surface area contributed by atoms with E-state index in [1.165, 1.54) is 0 Å². The molecule has 1 aromatic heterocycles. The Balaban J connectivity index is 0.000000455. The summed E-state index contributed by atoms with van der Waals surface area (Å²) in [6.07, 6.45) is 3.30. The molecule has 0 N–H and O–H groups in total. The number of carbonyl (C=O) groups excluding carboxylic acids is 1. The van der Waals surface area contributed by atoms with E-state index in [9.17, 15) is 4.79 Å². The molecule has 6 rings (SSSR count). The monoisotopic (exact) mass is 537 g/mol. The molecule has 3 aliphatic rings. The van der Waals surface area contributed by atoms with E-state index in [1.54, 1.807) is 51.9 Å². The topological polar surface area (TPSA) is 98.1 Å². The van der Waals surface area contributed by atoms with E-state index in [-0.39, 0.29) is 11.5 Å². The number of ether oxygens (including phenoxy) is 7. The van der Waals surface area contributed by atoms with E-state index >= 15 is 0 Å². The van der Waals surface area contributed by atoms with Crippen LogP contribution in [0, 0.1) is 0 Å². The second-order valence-electron chi connectivity index (χ2n) is 8.87. The molecule has 0 unspecified atom stereocenters. The normalized spacial score (nSPS) is 17.3. The molecule has 0 amide bonds. The van der Waals surface area contributed by atoms with Gasteiger partial charge in [0.2, 0.25) is 5.78 Å². The van der Waals surface area contributed by atoms with Gasteiger partial charge in [-0.25, -0.2) is 0 Å². The van der Waals surface area contributed by atoms with Crippen molar-refractivity contribution in [1.82, 2.24) is 4.90 Å². The Morgan fingerprint density at radius 2 is 1.64 bits per heavy atom. The molecule has 3 aromatic rings. The summed E-state index contributed by atoms with van der Waals surface area (Å²) in [5, 5.41) is 0. The molecule has 0 spiro atoms. The summed E-state index contributed by atoms with van der Waals surface area (Å²) in [4.78, 5) is 15.2. The van der Waals surface area contributed by atoms with E-state index in [1.807, 2.05) is 18.2 Å². The average molecular weight is 538 g/mol. The van der Waals surface area contributed by atoms with Crippen molar-refractivity contribution in [2.24, 2.45) is 0 Å². The summed E-state index contributed by atoms with van der Waals surface area (Å²) < 4.78 is 43.6. The fourth-order valence-electron chi connectivity index (χ4n) is 4.48. The van der Waals surface area contributed by atoms with Crippen molar-refractivity contribution in [2.75, 3.05) is 54.5 Å². The Kier molecular flexibility index (Phi) is 8.36. The van der Waals surface area contributed by atoms with Crippen molar-refractivity contribution in [3.8, 4) is 28.7 Å². The van der Waals surface area contributed by atoms with Gasteiger partial charge in [0.15, 0.2) is 17.3 Å². The predicted octanol–water partition coefficient (Wildman–Crippen LogP) is 4.31. The third kappa shape index (κ3) is 5.88. The van der Waals surface area contributed by atoms with E-state index in [4.69, 9.17) is 37.6 Å². The predicted molar refractivity (Wildman–Crippen MR) is 141 cm³/mol. The summed E-state index contributed by atoms with van der Waals surface area (Å²) in [5.41, 5.74) is 1.97. The maximum absolute atomic E-state index is 13.1. The number of furan rings is 1. The minimum absolute atomic E-state index is 0.201. The van der Waals surface area contributed by atoms with Crippen molar-refractivity contribution in [3.05, 3.63) is 70.9 Å². The lowest BCUT2D eigenvalue weighted by molar-refractivity contribution is -0.0334. The highest BCUT2D eigenvalue weighted by Crippen LogP contribution is 2.43. The second kappa shape index (κ2) is 12.2. The van der Waals surface area contributed by atoms with Gasteiger partial charge in [-0.15, -0.1) is 0 Å². The molecule has 0 bridgehead atoms. The van der Waals surface area contributed by atoms with E-state index in [2.05, 4.69) is 4.90 Å². The number of rotatable bonds is 6. The lowest BCUT2D eigenvalue weighted by Crippen LogP contribution is -2.31. The van der Waals surface area contributed by atoms with Gasteiger partial charge >= 0.3 is 0 Å². The number of hydrogen-bond donors (Lipinski definition) is 0. The third-order valence-electron chi connectivity index (χ3n) is 6.41. The third-order valence-corrected chi connectivity index (χ3v) is 6.41. The lowest BCUT2D eigenvalue weighted by Gasteiger charge is -2.29. The number of hydrogen-bond acceptors (Lipinski definition) is 10. The molecule has 2 aromatic carbocycles. The molecule has 1 saturated heterocycles. The molecule has 1 fully saturated rings. The first-order valence-corrected chi connectivity index (χ1v) is 12.5. The van der Waals surface area contributed by atoms with Gasteiger partial charge in [0.25, 0.3) is 0 Å². The van der Waals surface area contributed by atoms with E-state index < -0.39 is 0 Å². The smallest absolute Gasteiger partial charge is 0.231 e. The van der Waals surface area contributed by atoms with Crippen molar-refractivity contribution in [2.45, 2.75) is 13.1 Å². The number of benzene rings is 2. The van der Waals surface area contributed by atoms with Gasteiger partial charge in [0, 0.05) is 18.2 Å². The SMILES string of the molecule is C1COCCO1.COc1cc(OC)c(OC)cc1/C=C1\Oc2c(ccc3c2CN(Cc2ccco2)CO3)C1=O. The summed E-state index contributed by atoms with van der Waals surface area (Å²) >= 11 is 0. The number of allylic oxidation sites excluding steroid dienone is 1. The highest BCUT2D eigenvalue weighted by atomic mass is 16.6. The zero-order valence-electron chi connectivity index (χ0n) is 22.2. The molecule has 0 atom stereocenters. The first kappa shape index (κ1) is 26.6. The molecule has 0 radical (unpaired) electrons. The van der Waals surface area contributed by atoms with Crippen molar-refractivity contribution >= 4 is 11.9 Å². The summed E-state index contributed by atoms with van der Waals surface area (Å²) in [6.45, 7) is 4.70. The standard InChI is InChI=1S/C25H23NO7.C4H8O2/c1-28-20-11-22(30-3)21(29-2)9-15(20)10-23-24(27)17-6-7-19-18(25(17)33-23)13-26(14-32-19)12-16-5-4-8-31-16;1-2-6-4-3-5-1/h4-11H,12-14H2,1-3H3;1-4H2/b23-10-;. The number of carbonyl (C=O) groups is 1. The van der Waals surface area contributed by atoms with Crippen LogP contribution in [-0.4, -0.2) is 65.2 Å². The summed E-state index contributed by atoms with van der Waals surface area (Å²) in [6, 6.07) is 10.8. The maximum atomic E-state index is 13.1. The number of fused-ring (bicyclic) bond motifs is 3. The molecular formula is C29H31NO9. The Hall–Kier alpha value is -3.99. The van der Waals surface area contributed by atoms with Gasteiger partial charge in [-0.2, -0.15) is 0 Å². The van der Waals surface area contributed by atoms with Crippen LogP contribution < -0.4 is 23.7 Å². The van der Waals surface area contributed by atoms with Gasteiger partial charge < -0.3 is 37.6 Å². The zero-order chi connectivity index (χ0) is 27.2. The largest absolute Gasteiger partial charge is 0.496 e. The van der Waals surface area contributed by atoms with Crippen LogP contribution in [0.15, 0.2) is 52.8 Å². The van der Waals surface area contributed by atoms with Crippen LogP contribution >= 0.6 is 0 Å². The molecule has 206 valence electrons. The van der Waals surface area contributed by atoms with Crippen LogP contribution in [-0.2, 0) is 22.6 Å². The highest BCUT2D eigenvalue weighted by Gasteiger charge is 2.34. The van der Waals surface area contributed by atoms with Gasteiger partial charge in [-0.05, 0) is 36.4 Å². The molecule has 10 heteroatoms. The summed E-state index contributed by atoms with van der Waals surface area (Å²) in [7, 11) is 4.65. The Labute approximate surface area is 226 Å². The minimum Gasteiger partial charge on any atom is -0.496 e. The van der Waals surface area contributed by atoms with Gasteiger partial charge in [0.05, 0.1) is 71.7 Å². The van der Waals surface area contributed by atoms with Crippen molar-refractivity contribution in [1.29, 1.82) is 0 Å². The van der Waals surface area contributed by atoms with Crippen LogP contribution in [0.5, 0.6) is 28.7 Å². The van der Waals surface area contributed by atoms with Crippen LogP contribution in [0.3, 0.4) is 0 Å². The fourth-order valence-corrected chi connectivity index (χ4v) is 4.48. The summed E-state index contributed by atoms with van der Waals surface area (Å²) in [5.74, 6) is 3.65. The first-order chi connectivity index (χ1) is 19.1. The Morgan fingerprint density at radius 1 is 0.923 bits per heavy atom. The van der Waals surface area contributed by atoms with Crippen LogP contribution in [0.25, 0.3) is 6.08 Å². The molecule has 3 aliphatic heterocycles. The van der Waals surface area contributed by atoms with Crippen molar-refractivity contribution in [3.63, 3.8) is 0 Å². The molecule has 10 nitrogen and oxygen atoms in total. The first-order valence-electron chi connectivity index (χ1n) is 12.5. The molecule has 39 heavy (non-hydrogen) atoms. The zero-order valence-corrected chi connectivity index (χ0v) is 22.2. The lowest BCUT2D eigenvalue weighted by atomic mass is 10.0. The Bertz CT molecular complexity index is 1320. The Morgan fingerprint density at radius 3 is 2.28 bits per heavy atom. The number of ketones is 1. The fraction of sp³-hybridized carbons (Fsp3) is 0.345. The van der Waals surface area contributed by atoms with Gasteiger partial charge in [-0.3, -0.25) is 9.69 Å². The molecule has 4 heterocycles. The number of methoxy groups -OCH3 is 3. The van der Waals surface area contributed by atoms with Gasteiger partial charge in [-0.1, -0.05) is 0 Å². The maximum Gasteiger partial charge on any atom is 0.231 e. The molecule has 0 aliphatic carbocycles. The molecular weight excluding hydrogens is 506 g/mol. The quantitative estimate of drug-likeness (QED) is 0.423. The van der Waals surface area contributed by atoms with E-state index in [0.717, 1.165) is 37.8 Å². The van der Waals surface area contributed by atoms with Crippen molar-refractivity contribution < 1.29 is 42.4 Å². The van der Waals surface area contributed by atoms with Crippen LogP contribution in [0.4, 0.5) is 0 Å². The van der Waals surface area contributed by atoms with E-state index in [0.29, 0.717) is 59.7 Å². The highest BCUT2D eigenvalue weighted by molar-refractivity contribution is 6.15. The number of nitrogens with zero attached hydrogens (tertiary/aromatic N) is 1. The second-order valence-corrected chi connectivity index (χ2v) is 8.87. The van der Waals surface area contributed by atoms with Gasteiger partial charge in [0.1, 0.15) is 29.7 Å². The van der Waals surface area contributed by atoms with Crippen LogP contribution in [0.2, 0.25) is 0 Å². The average Bonchev–Trinajstić information content (AvgIpc) is 3.61. The number of Topliss-reactive ketones (excluding diaryl/α,β-unsaturated/α-hetero) is 1. The molecule has 0 saturated carbocycles. The minimum atomic E-state index is -0.201. The van der Waals surface area contributed by atoms with Crippen LogP contribution in [0.1, 0.15) is 27.2 Å².